The van der Waals surface area contributed by atoms with E-state index in [1.165, 1.54) is 0 Å². The lowest BCUT2D eigenvalue weighted by Crippen LogP contribution is -2.56. The van der Waals surface area contributed by atoms with Crippen molar-refractivity contribution in [2.24, 2.45) is 0 Å². The summed E-state index contributed by atoms with van der Waals surface area (Å²) in [6.07, 6.45) is -11.2. The number of carboxylic acid groups (broad SMARTS) is 2. The maximum Gasteiger partial charge on any atom is 0.123 e. The third-order valence-corrected chi connectivity index (χ3v) is 2.21. The van der Waals surface area contributed by atoms with E-state index in [4.69, 9.17) is 15.3 Å². The topological polar surface area (TPSA) is 213 Å². The zero-order valence-corrected chi connectivity index (χ0v) is 9.26. The molecule has 0 heterocycles. The minimum absolute atomic E-state index is 2.31. The molecule has 4 unspecified atom stereocenters. The highest BCUT2D eigenvalue weighted by Gasteiger charge is 2.35. The summed E-state index contributed by atoms with van der Waals surface area (Å²) in [5.41, 5.74) is 0. The number of aliphatic hydroxyl groups excluding tert-OH is 3. The molecule has 3 N–H and O–H groups in total. The number of aliphatic carboxylic acids is 2. The normalized spacial score (nSPS) is 18.7. The van der Waals surface area contributed by atoms with Crippen LogP contribution in [0.5, 0.6) is 0 Å². The van der Waals surface area contributed by atoms with Crippen LogP contribution >= 0.6 is 7.82 Å². The third kappa shape index (κ3) is 5.06. The fourth-order valence-corrected chi connectivity index (χ4v) is 1.45. The molecule has 0 aliphatic carbocycles. The van der Waals surface area contributed by atoms with E-state index in [0.29, 0.717) is 0 Å². The Morgan fingerprint density at radius 1 is 1.00 bits per heavy atom. The maximum atomic E-state index is 10.2. The number of hydrogen-bond donors (Lipinski definition) is 3. The van der Waals surface area contributed by atoms with Crippen LogP contribution < -0.4 is 20.0 Å². The van der Waals surface area contributed by atoms with Crippen LogP contribution in [-0.2, 0) is 18.7 Å². The Balaban J connectivity index is 5.15. The highest BCUT2D eigenvalue weighted by atomic mass is 31.2. The van der Waals surface area contributed by atoms with Crippen molar-refractivity contribution in [3.63, 3.8) is 0 Å². The van der Waals surface area contributed by atoms with Gasteiger partial charge in [-0.1, -0.05) is 0 Å². The van der Waals surface area contributed by atoms with Gasteiger partial charge in [-0.3, -0.25) is 0 Å². The van der Waals surface area contributed by atoms with Crippen molar-refractivity contribution in [1.29, 1.82) is 0 Å². The molecule has 0 rings (SSSR count). The Bertz CT molecular complexity index is 361. The minimum atomic E-state index is -5.87. The van der Waals surface area contributed by atoms with Crippen molar-refractivity contribution in [2.45, 2.75) is 24.4 Å². The molecule has 4 atom stereocenters. The van der Waals surface area contributed by atoms with Crippen LogP contribution in [0, 0.1) is 0 Å². The van der Waals surface area contributed by atoms with Crippen LogP contribution in [-0.4, -0.2) is 51.7 Å². The number of carbonyl (C=O) groups excluding carboxylic acids is 2. The SMILES string of the molecule is O=C([O-])C(O)C(O)C(OP(=O)([O-])[O-])C(O)C(=O)[O-]. The van der Waals surface area contributed by atoms with Gasteiger partial charge in [0, 0.05) is 0 Å². The molecule has 0 fully saturated rings. The number of phosphoric ester groups is 1. The van der Waals surface area contributed by atoms with Gasteiger partial charge in [-0.15, -0.1) is 0 Å². The summed E-state index contributed by atoms with van der Waals surface area (Å²) in [5.74, 6) is -4.67. The van der Waals surface area contributed by atoms with Gasteiger partial charge in [-0.25, -0.2) is 0 Å². The summed E-state index contributed by atoms with van der Waals surface area (Å²) in [5, 5.41) is 47.1. The second-order valence-electron chi connectivity index (χ2n) is 3.04. The van der Waals surface area contributed by atoms with E-state index in [-0.39, 0.29) is 0 Å². The molecule has 12 heteroatoms. The molecular formula is C6H7O11P-4. The van der Waals surface area contributed by atoms with Crippen LogP contribution in [0.25, 0.3) is 0 Å². The number of aliphatic hydroxyl groups is 3. The Hall–Kier alpha value is -1.07. The van der Waals surface area contributed by atoms with E-state index in [9.17, 15) is 34.2 Å². The third-order valence-electron chi connectivity index (χ3n) is 1.71. The molecule has 0 saturated carbocycles. The largest absolute Gasteiger partial charge is 0.790 e. The molecular weight excluding hydrogens is 279 g/mol. The van der Waals surface area contributed by atoms with Crippen LogP contribution in [0.1, 0.15) is 0 Å². The van der Waals surface area contributed by atoms with Gasteiger partial charge in [0.05, 0.1) is 19.8 Å². The zero-order chi connectivity index (χ0) is 14.7. The lowest BCUT2D eigenvalue weighted by molar-refractivity contribution is -0.354. The van der Waals surface area contributed by atoms with Crippen molar-refractivity contribution < 1.29 is 54.0 Å². The van der Waals surface area contributed by atoms with Crippen LogP contribution in [0.2, 0.25) is 0 Å². The molecule has 0 saturated heterocycles. The average molecular weight is 286 g/mol. The Kier molecular flexibility index (Phi) is 5.83. The van der Waals surface area contributed by atoms with E-state index in [1.807, 2.05) is 0 Å². The van der Waals surface area contributed by atoms with E-state index in [2.05, 4.69) is 4.52 Å². The number of carbonyl (C=O) groups is 2. The monoisotopic (exact) mass is 286 g/mol. The van der Waals surface area contributed by atoms with Crippen LogP contribution in [0.4, 0.5) is 0 Å². The first-order chi connectivity index (χ1) is 7.97. The van der Waals surface area contributed by atoms with Crippen LogP contribution in [0.15, 0.2) is 0 Å². The quantitative estimate of drug-likeness (QED) is 0.373. The summed E-state index contributed by atoms with van der Waals surface area (Å²) in [7, 11) is -5.87. The highest BCUT2D eigenvalue weighted by Crippen LogP contribution is 2.30. The molecule has 0 radical (unpaired) electrons. The first-order valence-electron chi connectivity index (χ1n) is 4.13. The second kappa shape index (κ2) is 6.20. The lowest BCUT2D eigenvalue weighted by Gasteiger charge is -2.38. The highest BCUT2D eigenvalue weighted by molar-refractivity contribution is 7.43. The zero-order valence-electron chi connectivity index (χ0n) is 8.36. The molecule has 106 valence electrons. The first kappa shape index (κ1) is 16.9. The maximum absolute atomic E-state index is 10.2. The van der Waals surface area contributed by atoms with Crippen molar-refractivity contribution >= 4 is 19.8 Å². The summed E-state index contributed by atoms with van der Waals surface area (Å²) in [6, 6.07) is 0. The predicted molar refractivity (Wildman–Crippen MR) is 40.5 cm³/mol. The minimum Gasteiger partial charge on any atom is -0.790 e. The summed E-state index contributed by atoms with van der Waals surface area (Å²) >= 11 is 0. The van der Waals surface area contributed by atoms with E-state index < -0.39 is 44.2 Å². The van der Waals surface area contributed by atoms with E-state index in [1.54, 1.807) is 0 Å². The van der Waals surface area contributed by atoms with Gasteiger partial charge >= 0.3 is 0 Å². The molecule has 0 aliphatic rings. The van der Waals surface area contributed by atoms with Gasteiger partial charge in [-0.2, -0.15) is 0 Å². The van der Waals surface area contributed by atoms with Gasteiger partial charge in [0.25, 0.3) is 0 Å². The number of hydrogen-bond acceptors (Lipinski definition) is 11. The molecule has 0 spiro atoms. The molecule has 11 nitrogen and oxygen atoms in total. The molecule has 18 heavy (non-hydrogen) atoms. The smallest absolute Gasteiger partial charge is 0.123 e. The van der Waals surface area contributed by atoms with Gasteiger partial charge in [0.15, 0.2) is 0 Å². The summed E-state index contributed by atoms with van der Waals surface area (Å²) < 4.78 is 13.7. The van der Waals surface area contributed by atoms with Crippen molar-refractivity contribution in [3.8, 4) is 0 Å². The van der Waals surface area contributed by atoms with Crippen LogP contribution in [0.3, 0.4) is 0 Å². The molecule has 0 bridgehead atoms. The summed E-state index contributed by atoms with van der Waals surface area (Å²) in [4.78, 5) is 40.9. The lowest BCUT2D eigenvalue weighted by atomic mass is 10.0. The van der Waals surface area contributed by atoms with Crippen molar-refractivity contribution in [3.05, 3.63) is 0 Å². The van der Waals surface area contributed by atoms with E-state index >= 15 is 0 Å². The molecule has 0 aromatic carbocycles. The predicted octanol–water partition coefficient (Wildman–Crippen LogP) is -7.22. The Morgan fingerprint density at radius 2 is 1.39 bits per heavy atom. The van der Waals surface area contributed by atoms with Gasteiger partial charge in [-0.05, 0) is 0 Å². The molecule has 0 aromatic heterocycles. The molecule has 0 aliphatic heterocycles. The Morgan fingerprint density at radius 3 is 1.67 bits per heavy atom. The Labute approximate surface area is 99.1 Å². The van der Waals surface area contributed by atoms with E-state index in [0.717, 1.165) is 0 Å². The van der Waals surface area contributed by atoms with Crippen molar-refractivity contribution in [1.82, 2.24) is 0 Å². The van der Waals surface area contributed by atoms with Gasteiger partial charge in [0.2, 0.25) is 0 Å². The fraction of sp³-hybridized carbons (Fsp3) is 0.667. The molecule has 0 aromatic rings. The van der Waals surface area contributed by atoms with Gasteiger partial charge in [0.1, 0.15) is 24.4 Å². The van der Waals surface area contributed by atoms with Gasteiger partial charge < -0.3 is 54.0 Å². The number of phosphoric acid groups is 1. The summed E-state index contributed by atoms with van der Waals surface area (Å²) in [6.45, 7) is 0. The first-order valence-corrected chi connectivity index (χ1v) is 5.60. The van der Waals surface area contributed by atoms with Crippen molar-refractivity contribution in [2.75, 3.05) is 0 Å². The fourth-order valence-electron chi connectivity index (χ4n) is 0.909. The standard InChI is InChI=1S/C6H11O11P/c7-1(2(8)5(10)11)4(3(9)6(12)13)17-18(14,15)16/h1-4,7-9H,(H,10,11)(H,12,13)(H2,14,15,16)/p-4. The molecule has 0 amide bonds. The number of carboxylic acids is 2. The average Bonchev–Trinajstić information content (AvgIpc) is 2.21. The second-order valence-corrected chi connectivity index (χ2v) is 4.14. The number of rotatable bonds is 7.